The molecule has 0 spiro atoms. The second kappa shape index (κ2) is 6.33. The number of pyridine rings is 1. The van der Waals surface area contributed by atoms with Crippen LogP contribution in [0.2, 0.25) is 0 Å². The molecule has 4 heteroatoms. The molecule has 16 heavy (non-hydrogen) atoms. The summed E-state index contributed by atoms with van der Waals surface area (Å²) in [7, 11) is 0. The molecule has 1 atom stereocenters. The molecule has 0 aliphatic heterocycles. The van der Waals surface area contributed by atoms with Crippen LogP contribution in [0.4, 0.5) is 0 Å². The van der Waals surface area contributed by atoms with Crippen molar-refractivity contribution in [3.8, 4) is 11.5 Å². The lowest BCUT2D eigenvalue weighted by Gasteiger charge is -2.15. The van der Waals surface area contributed by atoms with Crippen molar-refractivity contribution >= 4 is 0 Å². The molecule has 0 radical (unpaired) electrons. The zero-order valence-electron chi connectivity index (χ0n) is 9.90. The molecule has 1 aromatic rings. The fourth-order valence-corrected chi connectivity index (χ4v) is 1.62. The lowest BCUT2D eigenvalue weighted by Crippen LogP contribution is -2.27. The van der Waals surface area contributed by atoms with Crippen LogP contribution >= 0.6 is 0 Å². The van der Waals surface area contributed by atoms with Crippen molar-refractivity contribution in [1.82, 2.24) is 10.3 Å². The van der Waals surface area contributed by atoms with Crippen molar-refractivity contribution in [3.05, 3.63) is 18.0 Å². The minimum atomic E-state index is -0.177. The summed E-state index contributed by atoms with van der Waals surface area (Å²) in [4.78, 5) is 4.03. The first kappa shape index (κ1) is 12.8. The largest absolute Gasteiger partial charge is 0.504 e. The summed E-state index contributed by atoms with van der Waals surface area (Å²) in [5.74, 6) is -0.292. The van der Waals surface area contributed by atoms with Gasteiger partial charge < -0.3 is 15.5 Å². The summed E-state index contributed by atoms with van der Waals surface area (Å²) in [5, 5.41) is 21.8. The van der Waals surface area contributed by atoms with E-state index in [1.54, 1.807) is 0 Å². The number of hydrogen-bond acceptors (Lipinski definition) is 4. The van der Waals surface area contributed by atoms with Gasteiger partial charge in [-0.1, -0.05) is 20.3 Å². The molecule has 4 nitrogen and oxygen atoms in total. The molecule has 0 aliphatic rings. The summed E-state index contributed by atoms with van der Waals surface area (Å²) in [6.07, 6.45) is 4.64. The van der Waals surface area contributed by atoms with Crippen molar-refractivity contribution in [2.24, 2.45) is 0 Å². The second-order valence-corrected chi connectivity index (χ2v) is 3.94. The predicted octanol–water partition coefficient (Wildman–Crippen LogP) is 2.16. The van der Waals surface area contributed by atoms with Crippen molar-refractivity contribution in [1.29, 1.82) is 0 Å². The van der Waals surface area contributed by atoms with E-state index in [0.29, 0.717) is 12.6 Å². The lowest BCUT2D eigenvalue weighted by molar-refractivity contribution is 0.399. The van der Waals surface area contributed by atoms with E-state index in [2.05, 4.69) is 24.1 Å². The highest BCUT2D eigenvalue weighted by Crippen LogP contribution is 2.22. The van der Waals surface area contributed by atoms with Gasteiger partial charge in [0.15, 0.2) is 11.5 Å². The Kier molecular flexibility index (Phi) is 5.05. The molecule has 0 saturated heterocycles. The maximum absolute atomic E-state index is 9.31. The summed E-state index contributed by atoms with van der Waals surface area (Å²) >= 11 is 0. The number of rotatable bonds is 6. The Labute approximate surface area is 96.3 Å². The highest BCUT2D eigenvalue weighted by Gasteiger charge is 2.06. The van der Waals surface area contributed by atoms with Gasteiger partial charge in [-0.25, -0.2) is 0 Å². The highest BCUT2D eigenvalue weighted by molar-refractivity contribution is 5.35. The van der Waals surface area contributed by atoms with Crippen LogP contribution in [0.25, 0.3) is 0 Å². The molecular formula is C12H20N2O2. The maximum atomic E-state index is 9.31. The highest BCUT2D eigenvalue weighted by atomic mass is 16.3. The Hall–Kier alpha value is -1.29. The Morgan fingerprint density at radius 2 is 2.06 bits per heavy atom. The first-order valence-corrected chi connectivity index (χ1v) is 5.77. The third-order valence-corrected chi connectivity index (χ3v) is 2.62. The van der Waals surface area contributed by atoms with Crippen molar-refractivity contribution in [2.75, 3.05) is 0 Å². The van der Waals surface area contributed by atoms with Crippen LogP contribution in [0.3, 0.4) is 0 Å². The molecule has 90 valence electrons. The van der Waals surface area contributed by atoms with Crippen LogP contribution in [-0.2, 0) is 6.54 Å². The average Bonchev–Trinajstić information content (AvgIpc) is 2.28. The van der Waals surface area contributed by atoms with Gasteiger partial charge in [-0.3, -0.25) is 4.98 Å². The first-order chi connectivity index (χ1) is 7.67. The molecule has 1 unspecified atom stereocenters. The fraction of sp³-hybridized carbons (Fsp3) is 0.583. The Bertz CT molecular complexity index is 329. The number of aromatic hydroxyl groups is 2. The normalized spacial score (nSPS) is 12.6. The SMILES string of the molecule is CCCC(CC)NCc1cc(O)c(O)cn1. The van der Waals surface area contributed by atoms with Crippen LogP contribution in [-0.4, -0.2) is 21.2 Å². The third kappa shape index (κ3) is 3.70. The zero-order valence-corrected chi connectivity index (χ0v) is 9.90. The van der Waals surface area contributed by atoms with E-state index in [9.17, 15) is 5.11 Å². The molecular weight excluding hydrogens is 204 g/mol. The standard InChI is InChI=1S/C12H20N2O2/c1-3-5-9(4-2)13-7-10-6-11(15)12(16)8-14-10/h6,8-9,13,16H,3-5,7H2,1-2H3,(H,14,15). The van der Waals surface area contributed by atoms with Gasteiger partial charge >= 0.3 is 0 Å². The maximum Gasteiger partial charge on any atom is 0.176 e. The van der Waals surface area contributed by atoms with E-state index in [0.717, 1.165) is 25.0 Å². The number of nitrogens with one attached hydrogen (secondary N) is 1. The van der Waals surface area contributed by atoms with E-state index < -0.39 is 0 Å². The summed E-state index contributed by atoms with van der Waals surface area (Å²) in [6, 6.07) is 1.98. The third-order valence-electron chi connectivity index (χ3n) is 2.62. The number of aromatic nitrogens is 1. The minimum Gasteiger partial charge on any atom is -0.504 e. The quantitative estimate of drug-likeness (QED) is 0.692. The van der Waals surface area contributed by atoms with Gasteiger partial charge in [-0.2, -0.15) is 0 Å². The van der Waals surface area contributed by atoms with Gasteiger partial charge in [-0.15, -0.1) is 0 Å². The zero-order chi connectivity index (χ0) is 12.0. The Morgan fingerprint density at radius 1 is 1.31 bits per heavy atom. The average molecular weight is 224 g/mol. The van der Waals surface area contributed by atoms with E-state index in [1.807, 2.05) is 0 Å². The molecule has 0 aromatic carbocycles. The van der Waals surface area contributed by atoms with Crippen molar-refractivity contribution < 1.29 is 10.2 Å². The fourth-order valence-electron chi connectivity index (χ4n) is 1.62. The van der Waals surface area contributed by atoms with Gasteiger partial charge in [0.1, 0.15) is 0 Å². The molecule has 1 rings (SSSR count). The smallest absolute Gasteiger partial charge is 0.176 e. The lowest BCUT2D eigenvalue weighted by atomic mass is 10.1. The second-order valence-electron chi connectivity index (χ2n) is 3.94. The van der Waals surface area contributed by atoms with Gasteiger partial charge in [0.05, 0.1) is 11.9 Å². The summed E-state index contributed by atoms with van der Waals surface area (Å²) < 4.78 is 0. The first-order valence-electron chi connectivity index (χ1n) is 5.77. The Balaban J connectivity index is 2.50. The summed E-state index contributed by atoms with van der Waals surface area (Å²) in [6.45, 7) is 4.93. The van der Waals surface area contributed by atoms with Gasteiger partial charge in [0.25, 0.3) is 0 Å². The van der Waals surface area contributed by atoms with Gasteiger partial charge in [-0.05, 0) is 12.8 Å². The molecule has 0 fully saturated rings. The van der Waals surface area contributed by atoms with Crippen molar-refractivity contribution in [3.63, 3.8) is 0 Å². The monoisotopic (exact) mass is 224 g/mol. The minimum absolute atomic E-state index is 0.115. The number of hydrogen-bond donors (Lipinski definition) is 3. The van der Waals surface area contributed by atoms with Gasteiger partial charge in [0, 0.05) is 18.7 Å². The molecule has 1 heterocycles. The van der Waals surface area contributed by atoms with Crippen LogP contribution in [0.1, 0.15) is 38.8 Å². The molecule has 3 N–H and O–H groups in total. The molecule has 0 aliphatic carbocycles. The van der Waals surface area contributed by atoms with Crippen LogP contribution in [0.15, 0.2) is 12.3 Å². The van der Waals surface area contributed by atoms with Crippen molar-refractivity contribution in [2.45, 2.75) is 45.7 Å². The van der Waals surface area contributed by atoms with Gasteiger partial charge in [0.2, 0.25) is 0 Å². The predicted molar refractivity (Wildman–Crippen MR) is 63.4 cm³/mol. The van der Waals surface area contributed by atoms with Crippen LogP contribution in [0, 0.1) is 0 Å². The van der Waals surface area contributed by atoms with E-state index in [-0.39, 0.29) is 11.5 Å². The molecule has 0 amide bonds. The van der Waals surface area contributed by atoms with E-state index in [4.69, 9.17) is 5.11 Å². The van der Waals surface area contributed by atoms with Crippen LogP contribution < -0.4 is 5.32 Å². The number of nitrogens with zero attached hydrogens (tertiary/aromatic N) is 1. The Morgan fingerprint density at radius 3 is 2.62 bits per heavy atom. The molecule has 0 bridgehead atoms. The summed E-state index contributed by atoms with van der Waals surface area (Å²) in [5.41, 5.74) is 0.741. The molecule has 1 aromatic heterocycles. The van der Waals surface area contributed by atoms with E-state index in [1.165, 1.54) is 12.3 Å². The van der Waals surface area contributed by atoms with Crippen LogP contribution in [0.5, 0.6) is 11.5 Å². The molecule has 0 saturated carbocycles. The van der Waals surface area contributed by atoms with E-state index >= 15 is 0 Å². The topological polar surface area (TPSA) is 65.4 Å².